The van der Waals surface area contributed by atoms with Crippen molar-refractivity contribution in [1.82, 2.24) is 40.4 Å². The Kier molecular flexibility index (Phi) is 13.1. The van der Waals surface area contributed by atoms with Crippen LogP contribution in [0.4, 0.5) is 18.4 Å². The molecule has 0 aliphatic carbocycles. The number of benzene rings is 2. The monoisotopic (exact) mass is 802 g/mol. The third-order valence-corrected chi connectivity index (χ3v) is 10.5. The average molecular weight is 803 g/mol. The molecule has 4 amide bonds. The molecule has 2 aromatic heterocycles. The quantitative estimate of drug-likeness (QED) is 0.113. The van der Waals surface area contributed by atoms with E-state index >= 15 is 0 Å². The first kappa shape index (κ1) is 41.8. The summed E-state index contributed by atoms with van der Waals surface area (Å²) >= 11 is 0. The highest BCUT2D eigenvalue weighted by molar-refractivity contribution is 5.86. The zero-order chi connectivity index (χ0) is 41.7. The number of ether oxygens (including phenoxy) is 2. The predicted molar refractivity (Wildman–Crippen MR) is 213 cm³/mol. The zero-order valence-corrected chi connectivity index (χ0v) is 33.6. The van der Waals surface area contributed by atoms with Gasteiger partial charge in [0, 0.05) is 19.9 Å². The number of carbonyl (C=O) groups excluding carboxylic acids is 4. The van der Waals surface area contributed by atoms with E-state index in [1.165, 1.54) is 24.0 Å². The summed E-state index contributed by atoms with van der Waals surface area (Å²) in [6, 6.07) is 13.6. The third kappa shape index (κ3) is 9.65. The molecule has 58 heavy (non-hydrogen) atoms. The molecule has 4 aromatic rings. The molecule has 2 aliphatic rings. The van der Waals surface area contributed by atoms with Gasteiger partial charge in [-0.3, -0.25) is 9.59 Å². The van der Waals surface area contributed by atoms with Gasteiger partial charge < -0.3 is 39.9 Å². The maximum atomic E-state index is 14.8. The zero-order valence-electron chi connectivity index (χ0n) is 33.6. The van der Waals surface area contributed by atoms with Crippen LogP contribution in [0, 0.1) is 11.8 Å². The number of alkyl carbamates (subject to hydrolysis) is 2. The van der Waals surface area contributed by atoms with Crippen LogP contribution in [0.1, 0.15) is 77.1 Å². The number of methoxy groups -OCH3 is 1. The van der Waals surface area contributed by atoms with Gasteiger partial charge >= 0.3 is 12.2 Å². The summed E-state index contributed by atoms with van der Waals surface area (Å²) < 4.78 is 39.7. The van der Waals surface area contributed by atoms with E-state index in [1.807, 2.05) is 76.2 Å². The highest BCUT2D eigenvalue weighted by atomic mass is 19.1. The summed E-state index contributed by atoms with van der Waals surface area (Å²) in [7, 11) is 2.65. The van der Waals surface area contributed by atoms with Crippen molar-refractivity contribution in [3.05, 3.63) is 72.6 Å². The Hall–Kier alpha value is -5.80. The van der Waals surface area contributed by atoms with Gasteiger partial charge in [-0.15, -0.1) is 0 Å². The van der Waals surface area contributed by atoms with Crippen LogP contribution in [0.15, 0.2) is 60.9 Å². The minimum Gasteiger partial charge on any atom is -0.453 e. The van der Waals surface area contributed by atoms with Crippen molar-refractivity contribution in [3.63, 3.8) is 0 Å². The van der Waals surface area contributed by atoms with E-state index in [-0.39, 0.29) is 43.7 Å². The van der Waals surface area contributed by atoms with Gasteiger partial charge in [-0.2, -0.15) is 0 Å². The maximum absolute atomic E-state index is 14.8. The normalized spacial score (nSPS) is 20.3. The number of halogens is 2. The molecule has 2 aromatic carbocycles. The maximum Gasteiger partial charge on any atom is 0.407 e. The van der Waals surface area contributed by atoms with Gasteiger partial charge in [0.05, 0.1) is 56.1 Å². The number of amides is 4. The van der Waals surface area contributed by atoms with Crippen LogP contribution in [0.25, 0.3) is 33.6 Å². The molecule has 310 valence electrons. The number of nitrogens with zero attached hydrogens (tertiary/aromatic N) is 4. The van der Waals surface area contributed by atoms with Gasteiger partial charge in [0.2, 0.25) is 5.91 Å². The Labute approximate surface area is 336 Å². The molecule has 2 aliphatic heterocycles. The summed E-state index contributed by atoms with van der Waals surface area (Å²) in [5.41, 5.74) is 5.05. The van der Waals surface area contributed by atoms with E-state index in [2.05, 4.69) is 30.6 Å². The van der Waals surface area contributed by atoms with Crippen LogP contribution in [0.2, 0.25) is 0 Å². The molecule has 0 spiro atoms. The van der Waals surface area contributed by atoms with Crippen molar-refractivity contribution >= 4 is 24.0 Å². The topological polar surface area (TPSA) is 175 Å². The molecule has 0 saturated carbocycles. The second-order valence-corrected chi connectivity index (χ2v) is 15.8. The van der Waals surface area contributed by atoms with E-state index < -0.39 is 54.7 Å². The Balaban J connectivity index is 1.12. The van der Waals surface area contributed by atoms with E-state index in [4.69, 9.17) is 9.47 Å². The lowest BCUT2D eigenvalue weighted by molar-refractivity contribution is -0.142. The fourth-order valence-electron chi connectivity index (χ4n) is 7.66. The molecule has 4 heterocycles. The van der Waals surface area contributed by atoms with E-state index in [0.717, 1.165) is 22.3 Å². The molecule has 6 atom stereocenters. The third-order valence-electron chi connectivity index (χ3n) is 10.5. The number of H-pyrrole nitrogens is 2. The molecule has 0 radical (unpaired) electrons. The number of aromatic nitrogens is 4. The van der Waals surface area contributed by atoms with E-state index in [1.54, 1.807) is 12.4 Å². The molecule has 2 saturated heterocycles. The molecule has 0 unspecified atom stereocenters. The van der Waals surface area contributed by atoms with Crippen molar-refractivity contribution in [1.29, 1.82) is 0 Å². The van der Waals surface area contributed by atoms with Crippen LogP contribution in [-0.4, -0.2) is 105 Å². The standard InChI is InChI=1S/C42H52F2N8O6/c1-23(2)15-31(50-42(56)57-6)39(53)51-21-29(43)17-34(51)37-46-19-32(48-37)27-11-7-25(8-12-27)26-9-13-28(14-10-26)33-20-47-38(49-33)35-18-30(44)22-52(35)40(54)36(16-24(3)4)58-41(55)45-5/h7-14,19-20,23-24,29-31,34-36H,15-18,21-22H2,1-6H3,(H,45,55)(H,46,48)(H,47,49)(H,50,56)/t29-,30-,31+,34+,35+,36+/m1/s1. The van der Waals surface area contributed by atoms with Gasteiger partial charge in [0.1, 0.15) is 30.0 Å². The van der Waals surface area contributed by atoms with Crippen LogP contribution in [-0.2, 0) is 19.1 Å². The fourth-order valence-corrected chi connectivity index (χ4v) is 7.66. The van der Waals surface area contributed by atoms with Crippen LogP contribution in [0.3, 0.4) is 0 Å². The summed E-state index contributed by atoms with van der Waals surface area (Å²) in [5, 5.41) is 4.98. The number of hydrogen-bond acceptors (Lipinski definition) is 8. The minimum atomic E-state index is -1.24. The summed E-state index contributed by atoms with van der Waals surface area (Å²) in [6.45, 7) is 7.51. The smallest absolute Gasteiger partial charge is 0.407 e. The first-order chi connectivity index (χ1) is 27.7. The Bertz CT molecular complexity index is 1910. The SMILES string of the molecule is CNC(=O)O[C@@H](CC(C)C)C(=O)N1C[C@H](F)C[C@H]1c1ncc(-c2ccc(-c3ccc(-c4cnc([C@@H]5C[C@@H](F)CN5C(=O)[C@H](CC(C)C)NC(=O)OC)[nH]4)cc3)cc2)[nH]1. The molecule has 6 rings (SSSR count). The molecular weight excluding hydrogens is 751 g/mol. The van der Waals surface area contributed by atoms with Crippen molar-refractivity contribution in [3.8, 4) is 33.6 Å². The number of imidazole rings is 2. The van der Waals surface area contributed by atoms with Crippen molar-refractivity contribution in [2.45, 2.75) is 90.0 Å². The molecule has 4 N–H and O–H groups in total. The summed E-state index contributed by atoms with van der Waals surface area (Å²) in [4.78, 5) is 69.7. The van der Waals surface area contributed by atoms with Crippen molar-refractivity contribution in [2.24, 2.45) is 11.8 Å². The highest BCUT2D eigenvalue weighted by Crippen LogP contribution is 2.36. The largest absolute Gasteiger partial charge is 0.453 e. The number of alkyl halides is 2. The first-order valence-corrected chi connectivity index (χ1v) is 19.7. The number of likely N-dealkylation sites (tertiary alicyclic amines) is 2. The predicted octanol–water partition coefficient (Wildman–Crippen LogP) is 6.90. The molecule has 16 heteroatoms. The molecule has 2 fully saturated rings. The van der Waals surface area contributed by atoms with Gasteiger partial charge in [-0.05, 0) is 46.9 Å². The fraction of sp³-hybridized carbons (Fsp3) is 0.476. The summed E-state index contributed by atoms with van der Waals surface area (Å²) in [5.74, 6) is 0.255. The lowest BCUT2D eigenvalue weighted by atomic mass is 10.0. The van der Waals surface area contributed by atoms with Crippen molar-refractivity contribution < 1.29 is 37.4 Å². The second kappa shape index (κ2) is 18.2. The van der Waals surface area contributed by atoms with Gasteiger partial charge in [-0.1, -0.05) is 76.2 Å². The molecular formula is C42H52F2N8O6. The van der Waals surface area contributed by atoms with E-state index in [9.17, 15) is 28.0 Å². The van der Waals surface area contributed by atoms with Crippen LogP contribution in [0.5, 0.6) is 0 Å². The van der Waals surface area contributed by atoms with Crippen molar-refractivity contribution in [2.75, 3.05) is 27.2 Å². The highest BCUT2D eigenvalue weighted by Gasteiger charge is 2.43. The summed E-state index contributed by atoms with van der Waals surface area (Å²) in [6.07, 6.45) is -0.784. The number of aromatic amines is 2. The Morgan fingerprint density at radius 1 is 0.724 bits per heavy atom. The number of rotatable bonds is 13. The Morgan fingerprint density at radius 2 is 1.17 bits per heavy atom. The second-order valence-electron chi connectivity index (χ2n) is 15.8. The minimum absolute atomic E-state index is 0.0656. The van der Waals surface area contributed by atoms with Crippen LogP contribution < -0.4 is 10.6 Å². The lowest BCUT2D eigenvalue weighted by Crippen LogP contribution is -2.49. The average Bonchev–Trinajstić information content (AvgIpc) is 4.03. The molecule has 0 bridgehead atoms. The number of nitrogens with one attached hydrogen (secondary N) is 4. The van der Waals surface area contributed by atoms with Crippen LogP contribution >= 0.6 is 0 Å². The Morgan fingerprint density at radius 3 is 1.60 bits per heavy atom. The van der Waals surface area contributed by atoms with E-state index in [0.29, 0.717) is 35.9 Å². The number of hydrogen-bond donors (Lipinski definition) is 4. The number of carbonyl (C=O) groups is 4. The molecule has 14 nitrogen and oxygen atoms in total. The van der Waals surface area contributed by atoms with Gasteiger partial charge in [0.25, 0.3) is 5.91 Å². The van der Waals surface area contributed by atoms with Gasteiger partial charge in [0.15, 0.2) is 6.10 Å². The lowest BCUT2D eigenvalue weighted by Gasteiger charge is -2.28. The first-order valence-electron chi connectivity index (χ1n) is 19.7. The van der Waals surface area contributed by atoms with Gasteiger partial charge in [-0.25, -0.2) is 28.3 Å².